The molecule has 0 aromatic carbocycles. The number of carbonyl (C=O) groups is 2. The highest BCUT2D eigenvalue weighted by Gasteiger charge is 2.31. The minimum atomic E-state index is -0.710. The van der Waals surface area contributed by atoms with Gasteiger partial charge in [0.15, 0.2) is 0 Å². The van der Waals surface area contributed by atoms with Gasteiger partial charge in [0.05, 0.1) is 11.8 Å². The largest absolute Gasteiger partial charge is 0.481 e. The second-order valence-corrected chi connectivity index (χ2v) is 5.78. The lowest BCUT2D eigenvalue weighted by atomic mass is 9.79. The Labute approximate surface area is 114 Å². The lowest BCUT2D eigenvalue weighted by Gasteiger charge is -2.29. The second kappa shape index (κ2) is 6.89. The molecule has 1 saturated carbocycles. The molecule has 1 heterocycles. The van der Waals surface area contributed by atoms with Gasteiger partial charge in [0, 0.05) is 13.1 Å². The van der Waals surface area contributed by atoms with Crippen molar-refractivity contribution in [2.24, 2.45) is 17.8 Å². The molecule has 0 radical (unpaired) electrons. The maximum atomic E-state index is 12.0. The smallest absolute Gasteiger partial charge is 0.306 e. The van der Waals surface area contributed by atoms with Gasteiger partial charge in [-0.15, -0.1) is 0 Å². The van der Waals surface area contributed by atoms with E-state index in [-0.39, 0.29) is 23.7 Å². The molecule has 5 nitrogen and oxygen atoms in total. The summed E-state index contributed by atoms with van der Waals surface area (Å²) < 4.78 is 0. The lowest BCUT2D eigenvalue weighted by Crippen LogP contribution is -2.43. The highest BCUT2D eigenvalue weighted by atomic mass is 16.4. The molecule has 1 aliphatic carbocycles. The molecule has 108 valence electrons. The average molecular weight is 268 g/mol. The molecule has 1 saturated heterocycles. The Bertz CT molecular complexity index is 327. The Kier molecular flexibility index (Phi) is 5.19. The van der Waals surface area contributed by atoms with Crippen LogP contribution in [0.2, 0.25) is 0 Å². The normalized spacial score (nSPS) is 31.7. The van der Waals surface area contributed by atoms with Crippen molar-refractivity contribution in [1.29, 1.82) is 0 Å². The summed E-state index contributed by atoms with van der Waals surface area (Å²) in [4.78, 5) is 23.2. The highest BCUT2D eigenvalue weighted by Crippen LogP contribution is 2.29. The van der Waals surface area contributed by atoms with Crippen molar-refractivity contribution in [1.82, 2.24) is 10.6 Å². The van der Waals surface area contributed by atoms with Gasteiger partial charge in [0.1, 0.15) is 0 Å². The molecule has 2 aliphatic rings. The van der Waals surface area contributed by atoms with E-state index in [1.165, 1.54) is 0 Å². The predicted octanol–water partition coefficient (Wildman–Crippen LogP) is 0.993. The van der Waals surface area contributed by atoms with Crippen LogP contribution in [0.5, 0.6) is 0 Å². The highest BCUT2D eigenvalue weighted by molar-refractivity contribution is 5.79. The molecular formula is C14H24N2O3. The Hall–Kier alpha value is -1.10. The maximum Gasteiger partial charge on any atom is 0.306 e. The molecule has 0 bridgehead atoms. The van der Waals surface area contributed by atoms with Crippen LogP contribution in [0.4, 0.5) is 0 Å². The van der Waals surface area contributed by atoms with E-state index >= 15 is 0 Å². The van der Waals surface area contributed by atoms with Gasteiger partial charge in [-0.05, 0) is 38.1 Å². The first kappa shape index (κ1) is 14.3. The van der Waals surface area contributed by atoms with Crippen molar-refractivity contribution in [3.05, 3.63) is 0 Å². The third kappa shape index (κ3) is 3.93. The monoisotopic (exact) mass is 268 g/mol. The molecule has 0 spiro atoms. The van der Waals surface area contributed by atoms with Crippen LogP contribution in [0, 0.1) is 17.8 Å². The number of amides is 1. The number of carbonyl (C=O) groups excluding carboxylic acids is 1. The van der Waals surface area contributed by atoms with Gasteiger partial charge < -0.3 is 15.7 Å². The fourth-order valence-corrected chi connectivity index (χ4v) is 3.23. The quantitative estimate of drug-likeness (QED) is 0.710. The molecule has 3 unspecified atom stereocenters. The average Bonchev–Trinajstić information content (AvgIpc) is 2.46. The van der Waals surface area contributed by atoms with Gasteiger partial charge in [-0.2, -0.15) is 0 Å². The fraction of sp³-hybridized carbons (Fsp3) is 0.857. The zero-order valence-electron chi connectivity index (χ0n) is 11.4. The summed E-state index contributed by atoms with van der Waals surface area (Å²) in [5, 5.41) is 15.4. The third-order valence-corrected chi connectivity index (χ3v) is 4.43. The van der Waals surface area contributed by atoms with Gasteiger partial charge in [0.25, 0.3) is 0 Å². The summed E-state index contributed by atoms with van der Waals surface area (Å²) in [6.07, 6.45) is 5.72. The molecule has 1 aliphatic heterocycles. The van der Waals surface area contributed by atoms with Crippen LogP contribution in [-0.4, -0.2) is 36.6 Å². The summed E-state index contributed by atoms with van der Waals surface area (Å²) in [7, 11) is 0. The predicted molar refractivity (Wildman–Crippen MR) is 71.7 cm³/mol. The summed E-state index contributed by atoms with van der Waals surface area (Å²) in [6, 6.07) is 0. The molecule has 5 heteroatoms. The summed E-state index contributed by atoms with van der Waals surface area (Å²) >= 11 is 0. The lowest BCUT2D eigenvalue weighted by molar-refractivity contribution is -0.145. The van der Waals surface area contributed by atoms with Crippen molar-refractivity contribution >= 4 is 11.9 Å². The standard InChI is InChI=1S/C14H24N2O3/c17-13(11-5-3-7-15-8-11)16-9-10-4-1-2-6-12(10)14(18)19/h10-12,15H,1-9H2,(H,16,17)(H,18,19). The third-order valence-electron chi connectivity index (χ3n) is 4.43. The molecular weight excluding hydrogens is 244 g/mol. The number of rotatable bonds is 4. The van der Waals surface area contributed by atoms with Crippen molar-refractivity contribution in [2.75, 3.05) is 19.6 Å². The molecule has 3 N–H and O–H groups in total. The first-order valence-corrected chi connectivity index (χ1v) is 7.39. The number of carboxylic acid groups (broad SMARTS) is 1. The Morgan fingerprint density at radius 2 is 1.95 bits per heavy atom. The Balaban J connectivity index is 1.79. The minimum Gasteiger partial charge on any atom is -0.481 e. The first-order valence-electron chi connectivity index (χ1n) is 7.39. The van der Waals surface area contributed by atoms with E-state index in [1.807, 2.05) is 0 Å². The number of hydrogen-bond acceptors (Lipinski definition) is 3. The van der Waals surface area contributed by atoms with Crippen LogP contribution in [0.25, 0.3) is 0 Å². The summed E-state index contributed by atoms with van der Waals surface area (Å²) in [6.45, 7) is 2.26. The number of aliphatic carboxylic acids is 1. The zero-order valence-corrected chi connectivity index (χ0v) is 11.4. The maximum absolute atomic E-state index is 12.0. The molecule has 2 rings (SSSR count). The van der Waals surface area contributed by atoms with Crippen LogP contribution in [-0.2, 0) is 9.59 Å². The van der Waals surface area contributed by atoms with Crippen molar-refractivity contribution < 1.29 is 14.7 Å². The minimum absolute atomic E-state index is 0.0561. The van der Waals surface area contributed by atoms with Crippen molar-refractivity contribution in [3.8, 4) is 0 Å². The first-order chi connectivity index (χ1) is 9.18. The molecule has 3 atom stereocenters. The fourth-order valence-electron chi connectivity index (χ4n) is 3.23. The van der Waals surface area contributed by atoms with Gasteiger partial charge in [-0.3, -0.25) is 9.59 Å². The topological polar surface area (TPSA) is 78.4 Å². The second-order valence-electron chi connectivity index (χ2n) is 5.78. The number of piperidine rings is 1. The van der Waals surface area contributed by atoms with Crippen LogP contribution in [0.1, 0.15) is 38.5 Å². The molecule has 1 amide bonds. The summed E-state index contributed by atoms with van der Waals surface area (Å²) in [5.74, 6) is -0.744. The van der Waals surface area contributed by atoms with E-state index in [9.17, 15) is 14.7 Å². The molecule has 19 heavy (non-hydrogen) atoms. The van der Waals surface area contributed by atoms with Crippen LogP contribution in [0.15, 0.2) is 0 Å². The van der Waals surface area contributed by atoms with E-state index in [4.69, 9.17) is 0 Å². The van der Waals surface area contributed by atoms with Gasteiger partial charge >= 0.3 is 5.97 Å². The number of hydrogen-bond donors (Lipinski definition) is 3. The van der Waals surface area contributed by atoms with Gasteiger partial charge in [-0.25, -0.2) is 0 Å². The Morgan fingerprint density at radius 3 is 2.63 bits per heavy atom. The van der Waals surface area contributed by atoms with Crippen LogP contribution >= 0.6 is 0 Å². The van der Waals surface area contributed by atoms with Gasteiger partial charge in [0.2, 0.25) is 5.91 Å². The zero-order chi connectivity index (χ0) is 13.7. The van der Waals surface area contributed by atoms with E-state index < -0.39 is 5.97 Å². The molecule has 0 aromatic heterocycles. The molecule has 2 fully saturated rings. The summed E-state index contributed by atoms with van der Waals surface area (Å²) in [5.41, 5.74) is 0. The van der Waals surface area contributed by atoms with E-state index in [0.29, 0.717) is 6.54 Å². The van der Waals surface area contributed by atoms with E-state index in [1.54, 1.807) is 0 Å². The number of carboxylic acids is 1. The number of nitrogens with one attached hydrogen (secondary N) is 2. The van der Waals surface area contributed by atoms with Crippen molar-refractivity contribution in [3.63, 3.8) is 0 Å². The van der Waals surface area contributed by atoms with Crippen molar-refractivity contribution in [2.45, 2.75) is 38.5 Å². The van der Waals surface area contributed by atoms with Crippen LogP contribution < -0.4 is 10.6 Å². The SMILES string of the molecule is O=C(NCC1CCCCC1C(=O)O)C1CCCNC1. The van der Waals surface area contributed by atoms with Crippen LogP contribution in [0.3, 0.4) is 0 Å². The Morgan fingerprint density at radius 1 is 1.16 bits per heavy atom. The molecule has 0 aromatic rings. The van der Waals surface area contributed by atoms with E-state index in [2.05, 4.69) is 10.6 Å². The van der Waals surface area contributed by atoms with Gasteiger partial charge in [-0.1, -0.05) is 12.8 Å². The van der Waals surface area contributed by atoms with E-state index in [0.717, 1.165) is 51.6 Å².